The summed E-state index contributed by atoms with van der Waals surface area (Å²) in [6.45, 7) is 3.90. The molecule has 0 radical (unpaired) electrons. The van der Waals surface area contributed by atoms with Crippen molar-refractivity contribution in [1.82, 2.24) is 15.0 Å². The molecular formula is C28H27N5O4S. The van der Waals surface area contributed by atoms with Crippen LogP contribution in [-0.2, 0) is 9.84 Å². The van der Waals surface area contributed by atoms with Gasteiger partial charge in [-0.25, -0.2) is 18.4 Å². The van der Waals surface area contributed by atoms with Gasteiger partial charge in [0.25, 0.3) is 0 Å². The SMILES string of the molecule is Cc1ccc(Oc2ccc(Nc3ncnc4ccc(-c5ccc(C(N)CS(C)(=O)=O)o5)cc34)cc2C)cn1. The van der Waals surface area contributed by atoms with E-state index in [-0.39, 0.29) is 5.75 Å². The zero-order valence-electron chi connectivity index (χ0n) is 21.2. The number of nitrogens with zero attached hydrogens (tertiary/aromatic N) is 3. The Morgan fingerprint density at radius 1 is 1.00 bits per heavy atom. The van der Waals surface area contributed by atoms with Crippen molar-refractivity contribution in [2.45, 2.75) is 19.9 Å². The lowest BCUT2D eigenvalue weighted by molar-refractivity contribution is 0.476. The Morgan fingerprint density at radius 2 is 1.84 bits per heavy atom. The van der Waals surface area contributed by atoms with Crippen molar-refractivity contribution >= 4 is 32.2 Å². The van der Waals surface area contributed by atoms with E-state index in [4.69, 9.17) is 14.9 Å². The Balaban J connectivity index is 1.39. The molecule has 38 heavy (non-hydrogen) atoms. The molecule has 3 heterocycles. The van der Waals surface area contributed by atoms with Crippen LogP contribution in [-0.4, -0.2) is 35.4 Å². The number of furan rings is 1. The summed E-state index contributed by atoms with van der Waals surface area (Å²) in [4.78, 5) is 13.1. The first-order valence-corrected chi connectivity index (χ1v) is 14.0. The molecular weight excluding hydrogens is 502 g/mol. The fourth-order valence-corrected chi connectivity index (χ4v) is 4.86. The van der Waals surface area contributed by atoms with Gasteiger partial charge in [0.1, 0.15) is 45.0 Å². The third-order valence-electron chi connectivity index (χ3n) is 5.94. The van der Waals surface area contributed by atoms with Crippen LogP contribution in [0.15, 0.2) is 77.6 Å². The molecule has 194 valence electrons. The second-order valence-electron chi connectivity index (χ2n) is 9.20. The highest BCUT2D eigenvalue weighted by Crippen LogP contribution is 2.32. The summed E-state index contributed by atoms with van der Waals surface area (Å²) in [7, 11) is -3.23. The van der Waals surface area contributed by atoms with Crippen molar-refractivity contribution in [1.29, 1.82) is 0 Å². The van der Waals surface area contributed by atoms with Crippen LogP contribution in [0, 0.1) is 13.8 Å². The Morgan fingerprint density at radius 3 is 2.58 bits per heavy atom. The van der Waals surface area contributed by atoms with Crippen molar-refractivity contribution < 1.29 is 17.6 Å². The molecule has 0 saturated heterocycles. The van der Waals surface area contributed by atoms with Crippen LogP contribution < -0.4 is 15.8 Å². The van der Waals surface area contributed by atoms with Gasteiger partial charge in [0.2, 0.25) is 0 Å². The Hall–Kier alpha value is -4.28. The second kappa shape index (κ2) is 10.2. The lowest BCUT2D eigenvalue weighted by atomic mass is 10.1. The molecule has 0 aliphatic heterocycles. The molecule has 0 spiro atoms. The lowest BCUT2D eigenvalue weighted by Crippen LogP contribution is -2.20. The summed E-state index contributed by atoms with van der Waals surface area (Å²) in [6, 6.07) is 18.0. The van der Waals surface area contributed by atoms with Gasteiger partial charge in [-0.05, 0) is 80.1 Å². The largest absolute Gasteiger partial charge is 0.459 e. The predicted octanol–water partition coefficient (Wildman–Crippen LogP) is 5.48. The Kier molecular flexibility index (Phi) is 6.83. The summed E-state index contributed by atoms with van der Waals surface area (Å²) in [5, 5.41) is 4.18. The molecule has 0 fully saturated rings. The summed E-state index contributed by atoms with van der Waals surface area (Å²) in [6.07, 6.45) is 4.36. The summed E-state index contributed by atoms with van der Waals surface area (Å²) in [5.41, 5.74) is 10.3. The van der Waals surface area contributed by atoms with E-state index in [1.165, 1.54) is 6.33 Å². The number of pyridine rings is 1. The molecule has 5 aromatic rings. The number of hydrogen-bond donors (Lipinski definition) is 2. The summed E-state index contributed by atoms with van der Waals surface area (Å²) >= 11 is 0. The number of sulfone groups is 1. The van der Waals surface area contributed by atoms with E-state index < -0.39 is 15.9 Å². The predicted molar refractivity (Wildman–Crippen MR) is 147 cm³/mol. The quantitative estimate of drug-likeness (QED) is 0.268. The van der Waals surface area contributed by atoms with E-state index >= 15 is 0 Å². The fraction of sp³-hybridized carbons (Fsp3) is 0.179. The van der Waals surface area contributed by atoms with E-state index in [0.29, 0.717) is 23.1 Å². The molecule has 0 aliphatic carbocycles. The topological polar surface area (TPSA) is 133 Å². The maximum absolute atomic E-state index is 11.6. The van der Waals surface area contributed by atoms with Crippen molar-refractivity contribution in [3.8, 4) is 22.8 Å². The Bertz CT molecular complexity index is 1720. The van der Waals surface area contributed by atoms with Gasteiger partial charge >= 0.3 is 0 Å². The number of rotatable bonds is 8. The highest BCUT2D eigenvalue weighted by Gasteiger charge is 2.18. The van der Waals surface area contributed by atoms with Crippen LogP contribution in [0.25, 0.3) is 22.2 Å². The average molecular weight is 530 g/mol. The molecule has 9 nitrogen and oxygen atoms in total. The minimum absolute atomic E-state index is 0.190. The molecule has 0 amide bonds. The number of anilines is 2. The van der Waals surface area contributed by atoms with Crippen LogP contribution in [0.4, 0.5) is 11.5 Å². The minimum Gasteiger partial charge on any atom is -0.459 e. The van der Waals surface area contributed by atoms with Crippen LogP contribution in [0.1, 0.15) is 23.1 Å². The molecule has 5 rings (SSSR count). The fourth-order valence-electron chi connectivity index (χ4n) is 4.05. The van der Waals surface area contributed by atoms with Gasteiger partial charge < -0.3 is 20.2 Å². The molecule has 3 N–H and O–H groups in total. The summed E-state index contributed by atoms with van der Waals surface area (Å²) in [5.74, 6) is 2.83. The van der Waals surface area contributed by atoms with E-state index in [1.54, 1.807) is 18.3 Å². The van der Waals surface area contributed by atoms with Crippen LogP contribution in [0.2, 0.25) is 0 Å². The van der Waals surface area contributed by atoms with E-state index in [1.807, 2.05) is 62.4 Å². The number of fused-ring (bicyclic) bond motifs is 1. The van der Waals surface area contributed by atoms with Gasteiger partial charge in [0, 0.05) is 28.6 Å². The smallest absolute Gasteiger partial charge is 0.149 e. The monoisotopic (exact) mass is 529 g/mol. The normalized spacial score (nSPS) is 12.4. The van der Waals surface area contributed by atoms with E-state index in [0.717, 1.165) is 45.4 Å². The number of aromatic nitrogens is 3. The third-order valence-corrected chi connectivity index (χ3v) is 6.91. The highest BCUT2D eigenvalue weighted by atomic mass is 32.2. The molecule has 3 aromatic heterocycles. The van der Waals surface area contributed by atoms with Crippen LogP contribution in [0.5, 0.6) is 11.5 Å². The number of aryl methyl sites for hydroxylation is 2. The number of benzene rings is 2. The molecule has 0 saturated carbocycles. The van der Waals surface area contributed by atoms with Gasteiger partial charge in [0.15, 0.2) is 0 Å². The molecule has 1 unspecified atom stereocenters. The standard InChI is InChI=1S/C28H27N5O4S/c1-17-12-20(6-9-25(17)36-21-7-4-18(2)30-14-21)33-28-22-13-19(5-8-24(22)31-16-32-28)26-10-11-27(37-26)23(29)15-38(3,34)35/h4-14,16,23H,15,29H2,1-3H3,(H,31,32,33). The number of ether oxygens (including phenoxy) is 1. The van der Waals surface area contributed by atoms with Gasteiger partial charge in [-0.3, -0.25) is 4.98 Å². The Labute approximate surface area is 220 Å². The van der Waals surface area contributed by atoms with Crippen molar-refractivity contribution in [3.05, 3.63) is 90.2 Å². The van der Waals surface area contributed by atoms with Gasteiger partial charge in [0.05, 0.1) is 23.5 Å². The maximum atomic E-state index is 11.6. The molecule has 10 heteroatoms. The molecule has 2 aromatic carbocycles. The number of nitrogens with two attached hydrogens (primary N) is 1. The molecule has 0 aliphatic rings. The molecule has 0 bridgehead atoms. The highest BCUT2D eigenvalue weighted by molar-refractivity contribution is 7.90. The van der Waals surface area contributed by atoms with Crippen LogP contribution in [0.3, 0.4) is 0 Å². The van der Waals surface area contributed by atoms with E-state index in [2.05, 4.69) is 20.3 Å². The summed E-state index contributed by atoms with van der Waals surface area (Å²) < 4.78 is 35.1. The van der Waals surface area contributed by atoms with Crippen molar-refractivity contribution in [2.75, 3.05) is 17.3 Å². The zero-order valence-corrected chi connectivity index (χ0v) is 22.0. The average Bonchev–Trinajstić information content (AvgIpc) is 3.37. The van der Waals surface area contributed by atoms with Crippen LogP contribution >= 0.6 is 0 Å². The van der Waals surface area contributed by atoms with E-state index in [9.17, 15) is 8.42 Å². The third kappa shape index (κ3) is 5.82. The lowest BCUT2D eigenvalue weighted by Gasteiger charge is -2.13. The van der Waals surface area contributed by atoms with Gasteiger partial charge in [-0.15, -0.1) is 0 Å². The number of hydrogen-bond acceptors (Lipinski definition) is 9. The van der Waals surface area contributed by atoms with Gasteiger partial charge in [-0.2, -0.15) is 0 Å². The van der Waals surface area contributed by atoms with Gasteiger partial charge in [-0.1, -0.05) is 0 Å². The molecule has 1 atom stereocenters. The zero-order chi connectivity index (χ0) is 26.9. The first kappa shape index (κ1) is 25.4. The first-order chi connectivity index (χ1) is 18.1. The van der Waals surface area contributed by atoms with Crippen molar-refractivity contribution in [2.24, 2.45) is 5.73 Å². The van der Waals surface area contributed by atoms with Crippen molar-refractivity contribution in [3.63, 3.8) is 0 Å². The minimum atomic E-state index is -3.23. The second-order valence-corrected chi connectivity index (χ2v) is 11.4. The maximum Gasteiger partial charge on any atom is 0.149 e. The number of nitrogens with one attached hydrogen (secondary N) is 1. The first-order valence-electron chi connectivity index (χ1n) is 11.9.